The maximum Gasteiger partial charge on any atom is 0.259 e. The van der Waals surface area contributed by atoms with Gasteiger partial charge in [-0.15, -0.1) is 0 Å². The van der Waals surface area contributed by atoms with Crippen molar-refractivity contribution in [3.8, 4) is 0 Å². The predicted octanol–water partition coefficient (Wildman–Crippen LogP) is 6.47. The number of nitrogens with one attached hydrogen (secondary N) is 1. The van der Waals surface area contributed by atoms with Gasteiger partial charge in [-0.2, -0.15) is 0 Å². The first-order chi connectivity index (χ1) is 18.5. The number of aryl methyl sites for hydroxylation is 1. The molecule has 0 unspecified atom stereocenters. The Labute approximate surface area is 228 Å². The van der Waals surface area contributed by atoms with E-state index in [0.29, 0.717) is 31.6 Å². The van der Waals surface area contributed by atoms with E-state index in [1.807, 2.05) is 24.3 Å². The molecule has 0 bridgehead atoms. The number of anilines is 1. The molecule has 0 radical (unpaired) electrons. The SMILES string of the molecule is O=C(N[C@H]1CCCc2ccccc21)c1ccc2c(c1)N(Cc1cccc(Cl)c1)C(=O)c1ccccc1[S@]2=O. The topological polar surface area (TPSA) is 66.5 Å². The summed E-state index contributed by atoms with van der Waals surface area (Å²) in [6.07, 6.45) is 2.88. The van der Waals surface area contributed by atoms with Gasteiger partial charge in [-0.1, -0.05) is 60.1 Å². The summed E-state index contributed by atoms with van der Waals surface area (Å²) in [5.74, 6) is -0.497. The van der Waals surface area contributed by atoms with Crippen LogP contribution in [0.5, 0.6) is 0 Å². The van der Waals surface area contributed by atoms with E-state index in [-0.39, 0.29) is 24.4 Å². The summed E-state index contributed by atoms with van der Waals surface area (Å²) in [4.78, 5) is 29.9. The molecule has 5 nitrogen and oxygen atoms in total. The maximum atomic E-state index is 13.8. The Morgan fingerprint density at radius 2 is 1.76 bits per heavy atom. The molecule has 4 aromatic rings. The third-order valence-corrected chi connectivity index (χ3v) is 8.91. The van der Waals surface area contributed by atoms with Crippen molar-refractivity contribution < 1.29 is 13.8 Å². The molecule has 190 valence electrons. The first kappa shape index (κ1) is 24.6. The summed E-state index contributed by atoms with van der Waals surface area (Å²) in [7, 11) is -1.59. The monoisotopic (exact) mass is 540 g/mol. The van der Waals surface area contributed by atoms with Gasteiger partial charge in [-0.3, -0.25) is 9.59 Å². The summed E-state index contributed by atoms with van der Waals surface area (Å²) in [5.41, 5.74) is 4.50. The smallest absolute Gasteiger partial charge is 0.259 e. The Hall–Kier alpha value is -3.74. The average molecular weight is 541 g/mol. The van der Waals surface area contributed by atoms with Crippen LogP contribution in [0.3, 0.4) is 0 Å². The minimum atomic E-state index is -1.59. The molecule has 38 heavy (non-hydrogen) atoms. The Balaban J connectivity index is 1.40. The lowest BCUT2D eigenvalue weighted by Crippen LogP contribution is -2.32. The van der Waals surface area contributed by atoms with E-state index in [9.17, 15) is 13.8 Å². The standard InChI is InChI=1S/C31H25ClN2O3S/c32-23-10-5-7-20(17-23)19-34-27-18-22(30(35)33-26-13-6-9-21-8-1-2-11-24(21)26)15-16-29(27)38(37)28-14-4-3-12-25(28)31(34)36/h1-5,7-8,10-12,14-18,26H,6,9,13,19H2,(H,33,35)/t26-,38+/m0/s1. The Morgan fingerprint density at radius 3 is 2.63 bits per heavy atom. The molecule has 1 N–H and O–H groups in total. The van der Waals surface area contributed by atoms with Gasteiger partial charge < -0.3 is 10.2 Å². The highest BCUT2D eigenvalue weighted by atomic mass is 35.5. The molecule has 2 atom stereocenters. The number of nitrogens with zero attached hydrogens (tertiary/aromatic N) is 1. The number of carbonyl (C=O) groups is 2. The molecule has 0 aromatic heterocycles. The number of fused-ring (bicyclic) bond motifs is 3. The Morgan fingerprint density at radius 1 is 0.947 bits per heavy atom. The van der Waals surface area contributed by atoms with E-state index in [4.69, 9.17) is 11.6 Å². The van der Waals surface area contributed by atoms with Gasteiger partial charge >= 0.3 is 0 Å². The van der Waals surface area contributed by atoms with Crippen molar-refractivity contribution in [3.05, 3.63) is 124 Å². The minimum absolute atomic E-state index is 0.0751. The highest BCUT2D eigenvalue weighted by Crippen LogP contribution is 2.37. The van der Waals surface area contributed by atoms with Gasteiger partial charge in [0, 0.05) is 10.6 Å². The quantitative estimate of drug-likeness (QED) is 0.322. The number of benzene rings is 4. The number of amides is 2. The van der Waals surface area contributed by atoms with Crippen molar-refractivity contribution >= 4 is 39.9 Å². The molecule has 1 aliphatic heterocycles. The number of hydrogen-bond acceptors (Lipinski definition) is 3. The fraction of sp³-hybridized carbons (Fsp3) is 0.161. The summed E-state index contributed by atoms with van der Waals surface area (Å²) >= 11 is 6.23. The molecule has 0 saturated carbocycles. The number of carbonyl (C=O) groups excluding carboxylic acids is 2. The van der Waals surface area contributed by atoms with E-state index in [0.717, 1.165) is 30.4 Å². The van der Waals surface area contributed by atoms with Crippen LogP contribution in [-0.4, -0.2) is 16.0 Å². The van der Waals surface area contributed by atoms with Gasteiger partial charge in [0.15, 0.2) is 0 Å². The van der Waals surface area contributed by atoms with E-state index >= 15 is 0 Å². The van der Waals surface area contributed by atoms with Gasteiger partial charge in [-0.05, 0) is 78.4 Å². The maximum absolute atomic E-state index is 13.8. The van der Waals surface area contributed by atoms with Gasteiger partial charge in [0.1, 0.15) is 0 Å². The van der Waals surface area contributed by atoms with Crippen LogP contribution in [0.1, 0.15) is 56.3 Å². The first-order valence-corrected chi connectivity index (χ1v) is 14.1. The van der Waals surface area contributed by atoms with Crippen LogP contribution >= 0.6 is 11.6 Å². The zero-order valence-corrected chi connectivity index (χ0v) is 22.1. The largest absolute Gasteiger partial charge is 0.345 e. The van der Waals surface area contributed by atoms with Gasteiger partial charge in [0.25, 0.3) is 11.8 Å². The molecule has 1 heterocycles. The molecule has 2 aliphatic rings. The fourth-order valence-corrected chi connectivity index (χ4v) is 6.88. The van der Waals surface area contributed by atoms with Crippen LogP contribution in [0.15, 0.2) is 101 Å². The van der Waals surface area contributed by atoms with Crippen LogP contribution in [0.4, 0.5) is 5.69 Å². The van der Waals surface area contributed by atoms with Crippen molar-refractivity contribution in [1.29, 1.82) is 0 Å². The van der Waals surface area contributed by atoms with Crippen LogP contribution in [0.25, 0.3) is 0 Å². The second kappa shape index (κ2) is 10.2. The second-order valence-corrected chi connectivity index (χ2v) is 11.4. The van der Waals surface area contributed by atoms with Crippen LogP contribution < -0.4 is 10.2 Å². The molecule has 0 fully saturated rings. The van der Waals surface area contributed by atoms with E-state index in [2.05, 4.69) is 17.4 Å². The molecule has 7 heteroatoms. The molecule has 1 aliphatic carbocycles. The summed E-state index contributed by atoms with van der Waals surface area (Å²) in [6.45, 7) is 0.221. The zero-order chi connectivity index (χ0) is 26.2. The van der Waals surface area contributed by atoms with Crippen molar-refractivity contribution in [2.24, 2.45) is 0 Å². The molecule has 0 spiro atoms. The summed E-state index contributed by atoms with van der Waals surface area (Å²) in [5, 5.41) is 3.75. The molecule has 2 amide bonds. The minimum Gasteiger partial charge on any atom is -0.345 e. The first-order valence-electron chi connectivity index (χ1n) is 12.6. The Kier molecular flexibility index (Phi) is 6.60. The van der Waals surface area contributed by atoms with Gasteiger partial charge in [0.2, 0.25) is 0 Å². The lowest BCUT2D eigenvalue weighted by Gasteiger charge is -2.27. The van der Waals surface area contributed by atoms with E-state index in [1.54, 1.807) is 59.5 Å². The highest BCUT2D eigenvalue weighted by molar-refractivity contribution is 7.85. The molecular formula is C31H25ClN2O3S. The Bertz CT molecular complexity index is 1600. The third-order valence-electron chi connectivity index (χ3n) is 7.18. The third kappa shape index (κ3) is 4.55. The average Bonchev–Trinajstić information content (AvgIpc) is 3.02. The van der Waals surface area contributed by atoms with E-state index in [1.165, 1.54) is 5.56 Å². The van der Waals surface area contributed by atoms with Crippen LogP contribution in [-0.2, 0) is 23.8 Å². The normalized spacial score (nSPS) is 18.1. The predicted molar refractivity (Wildman–Crippen MR) is 149 cm³/mol. The molecule has 4 aromatic carbocycles. The van der Waals surface area contributed by atoms with Crippen molar-refractivity contribution in [2.45, 2.75) is 41.6 Å². The number of rotatable bonds is 4. The molecular weight excluding hydrogens is 516 g/mol. The van der Waals surface area contributed by atoms with Crippen molar-refractivity contribution in [2.75, 3.05) is 4.90 Å². The summed E-state index contributed by atoms with van der Waals surface area (Å²) < 4.78 is 13.7. The summed E-state index contributed by atoms with van der Waals surface area (Å²) in [6, 6.07) is 27.5. The number of hydrogen-bond donors (Lipinski definition) is 1. The van der Waals surface area contributed by atoms with Crippen molar-refractivity contribution in [3.63, 3.8) is 0 Å². The lowest BCUT2D eigenvalue weighted by atomic mass is 9.87. The molecule has 0 saturated heterocycles. The highest BCUT2D eigenvalue weighted by Gasteiger charge is 2.32. The lowest BCUT2D eigenvalue weighted by molar-refractivity contribution is 0.0930. The second-order valence-electron chi connectivity index (χ2n) is 9.59. The van der Waals surface area contributed by atoms with Gasteiger partial charge in [0.05, 0.1) is 44.4 Å². The zero-order valence-electron chi connectivity index (χ0n) is 20.5. The van der Waals surface area contributed by atoms with Crippen molar-refractivity contribution in [1.82, 2.24) is 5.32 Å². The molecule has 6 rings (SSSR count). The number of halogens is 1. The van der Waals surface area contributed by atoms with Crippen LogP contribution in [0, 0.1) is 0 Å². The van der Waals surface area contributed by atoms with Gasteiger partial charge in [-0.25, -0.2) is 4.21 Å². The van der Waals surface area contributed by atoms with Crippen LogP contribution in [0.2, 0.25) is 5.02 Å². The van der Waals surface area contributed by atoms with E-state index < -0.39 is 10.8 Å². The fourth-order valence-electron chi connectivity index (χ4n) is 5.32.